The maximum absolute atomic E-state index is 6.09. The van der Waals surface area contributed by atoms with Crippen LogP contribution in [0.4, 0.5) is 17.3 Å². The van der Waals surface area contributed by atoms with E-state index in [9.17, 15) is 0 Å². The molecule has 0 radical (unpaired) electrons. The zero-order valence-corrected chi connectivity index (χ0v) is 19.9. The Morgan fingerprint density at radius 3 is 2.71 bits per heavy atom. The number of ether oxygens (including phenoxy) is 1. The molecule has 5 aromatic rings. The molecule has 4 aromatic heterocycles. The molecule has 0 saturated carbocycles. The minimum atomic E-state index is 0. The van der Waals surface area contributed by atoms with E-state index >= 15 is 0 Å². The number of hydrogen-bond acceptors (Lipinski definition) is 9. The van der Waals surface area contributed by atoms with Crippen molar-refractivity contribution in [2.24, 2.45) is 0 Å². The Balaban J connectivity index is 0.00000253. The molecule has 0 bridgehead atoms. The predicted molar refractivity (Wildman–Crippen MR) is 137 cm³/mol. The Hall–Kier alpha value is -4.02. The maximum atomic E-state index is 6.09. The van der Waals surface area contributed by atoms with Crippen LogP contribution in [-0.4, -0.2) is 55.7 Å². The van der Waals surface area contributed by atoms with E-state index in [0.29, 0.717) is 11.6 Å². The van der Waals surface area contributed by atoms with E-state index < -0.39 is 0 Å². The molecule has 10 nitrogen and oxygen atoms in total. The van der Waals surface area contributed by atoms with Gasteiger partial charge in [-0.25, -0.2) is 24.5 Å². The van der Waals surface area contributed by atoms with Crippen LogP contribution in [0.25, 0.3) is 16.7 Å². The minimum absolute atomic E-state index is 0. The van der Waals surface area contributed by atoms with Gasteiger partial charge in [-0.1, -0.05) is 0 Å². The van der Waals surface area contributed by atoms with Gasteiger partial charge < -0.3 is 20.3 Å². The Labute approximate surface area is 207 Å². The number of piperazine rings is 1. The highest BCUT2D eigenvalue weighted by molar-refractivity contribution is 5.88. The molecule has 0 aliphatic carbocycles. The van der Waals surface area contributed by atoms with Gasteiger partial charge in [0.15, 0.2) is 11.5 Å². The molecule has 1 aliphatic rings. The third-order valence-corrected chi connectivity index (χ3v) is 5.83. The third-order valence-electron chi connectivity index (χ3n) is 5.83. The molecule has 1 aromatic carbocycles. The van der Waals surface area contributed by atoms with E-state index in [-0.39, 0.29) is 12.4 Å². The monoisotopic (exact) mass is 489 g/mol. The molecule has 0 spiro atoms. The number of fused-ring (bicyclic) bond motifs is 2. The summed E-state index contributed by atoms with van der Waals surface area (Å²) in [6.07, 6.45) is 4.90. The molecule has 0 unspecified atom stereocenters. The minimum Gasteiger partial charge on any atom is -0.457 e. The molecule has 0 amide bonds. The van der Waals surface area contributed by atoms with Crippen LogP contribution in [0.1, 0.15) is 5.56 Å². The number of rotatable bonds is 5. The zero-order valence-electron chi connectivity index (χ0n) is 19.0. The Bertz CT molecular complexity index is 1480. The number of anilines is 3. The summed E-state index contributed by atoms with van der Waals surface area (Å²) in [5.74, 6) is 3.08. The van der Waals surface area contributed by atoms with Gasteiger partial charge in [-0.05, 0) is 48.9 Å². The molecular weight excluding hydrogens is 466 g/mol. The van der Waals surface area contributed by atoms with Crippen molar-refractivity contribution in [1.29, 1.82) is 0 Å². The van der Waals surface area contributed by atoms with Gasteiger partial charge in [0.05, 0.1) is 5.52 Å². The number of aryl methyl sites for hydroxylation is 1. The van der Waals surface area contributed by atoms with E-state index in [1.807, 2.05) is 55.6 Å². The summed E-state index contributed by atoms with van der Waals surface area (Å²) in [5.41, 5.74) is 4.16. The number of pyridine rings is 2. The van der Waals surface area contributed by atoms with E-state index in [1.165, 1.54) is 6.33 Å². The Kier molecular flexibility index (Phi) is 6.30. The fourth-order valence-electron chi connectivity index (χ4n) is 4.06. The largest absolute Gasteiger partial charge is 0.457 e. The van der Waals surface area contributed by atoms with Gasteiger partial charge in [0.2, 0.25) is 0 Å². The van der Waals surface area contributed by atoms with E-state index in [4.69, 9.17) is 9.72 Å². The Morgan fingerprint density at radius 1 is 0.971 bits per heavy atom. The standard InChI is InChI=1S/C24H23N9O.ClH/c1-16-12-17(2-4-20(16)34-18-6-9-33-22(13-18)27-15-29-33)30-24-23-19(26-14-28-24)3-5-21(31-23)32-10-7-25-8-11-32;/h2-6,9,12-15,25H,7-8,10-11H2,1H3,(H,26,28,30);1H. The topological polar surface area (TPSA) is 105 Å². The highest BCUT2D eigenvalue weighted by Crippen LogP contribution is 2.30. The first-order valence-electron chi connectivity index (χ1n) is 11.2. The first-order valence-corrected chi connectivity index (χ1v) is 11.2. The van der Waals surface area contributed by atoms with Crippen LogP contribution in [-0.2, 0) is 0 Å². The number of halogens is 1. The van der Waals surface area contributed by atoms with Gasteiger partial charge in [-0.2, -0.15) is 5.10 Å². The van der Waals surface area contributed by atoms with Crippen LogP contribution in [0.2, 0.25) is 0 Å². The predicted octanol–water partition coefficient (Wildman–Crippen LogP) is 3.74. The third kappa shape index (κ3) is 4.66. The first-order chi connectivity index (χ1) is 16.7. The van der Waals surface area contributed by atoms with Gasteiger partial charge >= 0.3 is 0 Å². The lowest BCUT2D eigenvalue weighted by atomic mass is 10.2. The molecule has 11 heteroatoms. The van der Waals surface area contributed by atoms with E-state index in [2.05, 4.69) is 35.6 Å². The van der Waals surface area contributed by atoms with Crippen molar-refractivity contribution < 1.29 is 4.74 Å². The summed E-state index contributed by atoms with van der Waals surface area (Å²) in [6.45, 7) is 5.78. The van der Waals surface area contributed by atoms with Crippen LogP contribution in [0.5, 0.6) is 11.5 Å². The highest BCUT2D eigenvalue weighted by atomic mass is 35.5. The number of aromatic nitrogens is 6. The molecule has 1 fully saturated rings. The molecule has 5 heterocycles. The van der Waals surface area contributed by atoms with Crippen molar-refractivity contribution in [2.45, 2.75) is 6.92 Å². The lowest BCUT2D eigenvalue weighted by molar-refractivity contribution is 0.478. The number of benzene rings is 1. The van der Waals surface area contributed by atoms with Gasteiger partial charge in [-0.3, -0.25) is 0 Å². The lowest BCUT2D eigenvalue weighted by Gasteiger charge is -2.28. The fraction of sp³-hybridized carbons (Fsp3) is 0.208. The number of nitrogens with one attached hydrogen (secondary N) is 2. The quantitative estimate of drug-likeness (QED) is 0.382. The molecule has 2 N–H and O–H groups in total. The molecular formula is C24H24ClN9O. The van der Waals surface area contributed by atoms with Crippen LogP contribution in [0, 0.1) is 6.92 Å². The number of nitrogens with zero attached hydrogens (tertiary/aromatic N) is 7. The van der Waals surface area contributed by atoms with Crippen LogP contribution in [0.3, 0.4) is 0 Å². The van der Waals surface area contributed by atoms with Crippen molar-refractivity contribution in [3.63, 3.8) is 0 Å². The SMILES string of the molecule is Cc1cc(Nc2ncnc3ccc(N4CCNCC4)nc23)ccc1Oc1ccn2ncnc2c1.Cl. The highest BCUT2D eigenvalue weighted by Gasteiger charge is 2.14. The van der Waals surface area contributed by atoms with Crippen molar-refractivity contribution in [3.05, 3.63) is 66.9 Å². The molecule has 35 heavy (non-hydrogen) atoms. The van der Waals surface area contributed by atoms with Crippen molar-refractivity contribution >= 4 is 46.4 Å². The smallest absolute Gasteiger partial charge is 0.160 e. The fourth-order valence-corrected chi connectivity index (χ4v) is 4.06. The first kappa shape index (κ1) is 22.8. The van der Waals surface area contributed by atoms with Crippen LogP contribution < -0.4 is 20.3 Å². The van der Waals surface area contributed by atoms with Gasteiger partial charge in [0.25, 0.3) is 0 Å². The maximum Gasteiger partial charge on any atom is 0.160 e. The second kappa shape index (κ2) is 9.69. The molecule has 6 rings (SSSR count). The second-order valence-corrected chi connectivity index (χ2v) is 8.13. The summed E-state index contributed by atoms with van der Waals surface area (Å²) >= 11 is 0. The molecule has 0 atom stereocenters. The van der Waals surface area contributed by atoms with Gasteiger partial charge in [0.1, 0.15) is 35.5 Å². The zero-order chi connectivity index (χ0) is 22.9. The Morgan fingerprint density at radius 2 is 1.86 bits per heavy atom. The van der Waals surface area contributed by atoms with E-state index in [0.717, 1.165) is 65.7 Å². The lowest BCUT2D eigenvalue weighted by Crippen LogP contribution is -2.43. The van der Waals surface area contributed by atoms with Crippen molar-refractivity contribution in [1.82, 2.24) is 34.9 Å². The summed E-state index contributed by atoms with van der Waals surface area (Å²) in [6, 6.07) is 13.7. The second-order valence-electron chi connectivity index (χ2n) is 8.13. The molecule has 1 aliphatic heterocycles. The summed E-state index contributed by atoms with van der Waals surface area (Å²) in [4.78, 5) is 20.2. The summed E-state index contributed by atoms with van der Waals surface area (Å²) in [7, 11) is 0. The molecule has 1 saturated heterocycles. The average molecular weight is 490 g/mol. The summed E-state index contributed by atoms with van der Waals surface area (Å²) in [5, 5.41) is 10.9. The van der Waals surface area contributed by atoms with E-state index in [1.54, 1.807) is 10.8 Å². The van der Waals surface area contributed by atoms with Gasteiger partial charge in [0, 0.05) is 44.1 Å². The number of hydrogen-bond donors (Lipinski definition) is 2. The summed E-state index contributed by atoms with van der Waals surface area (Å²) < 4.78 is 7.78. The van der Waals surface area contributed by atoms with Crippen molar-refractivity contribution in [3.8, 4) is 11.5 Å². The molecule has 178 valence electrons. The van der Waals surface area contributed by atoms with Gasteiger partial charge in [-0.15, -0.1) is 12.4 Å². The van der Waals surface area contributed by atoms with Crippen LogP contribution in [0.15, 0.2) is 61.3 Å². The normalized spacial score (nSPS) is 13.6. The van der Waals surface area contributed by atoms with Crippen molar-refractivity contribution in [2.75, 3.05) is 36.4 Å². The van der Waals surface area contributed by atoms with Crippen LogP contribution >= 0.6 is 12.4 Å². The average Bonchev–Trinajstić information content (AvgIpc) is 3.34.